The molecular formula is C10H20N2O. The van der Waals surface area contributed by atoms with Gasteiger partial charge in [-0.2, -0.15) is 0 Å². The fraction of sp³-hybridized carbons (Fsp3) is 0.900. The number of hydrogen-bond acceptors (Lipinski definition) is 2. The van der Waals surface area contributed by atoms with Gasteiger partial charge >= 0.3 is 0 Å². The van der Waals surface area contributed by atoms with E-state index < -0.39 is 0 Å². The van der Waals surface area contributed by atoms with Gasteiger partial charge in [-0.1, -0.05) is 27.7 Å². The lowest BCUT2D eigenvalue weighted by molar-refractivity contribution is -0.129. The summed E-state index contributed by atoms with van der Waals surface area (Å²) in [6.07, 6.45) is 0. The van der Waals surface area contributed by atoms with E-state index in [4.69, 9.17) is 0 Å². The molecule has 0 saturated carbocycles. The topological polar surface area (TPSA) is 41.1 Å². The monoisotopic (exact) mass is 184 g/mol. The van der Waals surface area contributed by atoms with Crippen LogP contribution in [0.1, 0.15) is 27.7 Å². The Morgan fingerprint density at radius 2 is 2.23 bits per heavy atom. The van der Waals surface area contributed by atoms with Crippen LogP contribution in [0.25, 0.3) is 0 Å². The average molecular weight is 184 g/mol. The molecule has 1 saturated heterocycles. The second-order valence-electron chi connectivity index (χ2n) is 4.94. The molecule has 2 N–H and O–H groups in total. The summed E-state index contributed by atoms with van der Waals surface area (Å²) in [4.78, 5) is 11.6. The van der Waals surface area contributed by atoms with Crippen molar-refractivity contribution in [2.24, 2.45) is 11.3 Å². The molecule has 1 heterocycles. The minimum Gasteiger partial charge on any atom is -0.354 e. The third kappa shape index (κ3) is 2.44. The molecule has 3 heteroatoms. The Labute approximate surface area is 80.3 Å². The van der Waals surface area contributed by atoms with Crippen molar-refractivity contribution in [3.05, 3.63) is 0 Å². The van der Waals surface area contributed by atoms with Crippen LogP contribution < -0.4 is 10.6 Å². The van der Waals surface area contributed by atoms with Gasteiger partial charge < -0.3 is 10.6 Å². The summed E-state index contributed by atoms with van der Waals surface area (Å²) in [6.45, 7) is 10.1. The van der Waals surface area contributed by atoms with Gasteiger partial charge in [0.1, 0.15) is 0 Å². The molecule has 1 fully saturated rings. The molecule has 0 aromatic carbocycles. The van der Waals surface area contributed by atoms with Crippen molar-refractivity contribution < 1.29 is 4.79 Å². The Kier molecular flexibility index (Phi) is 2.96. The van der Waals surface area contributed by atoms with Gasteiger partial charge in [0.05, 0.1) is 6.04 Å². The Hall–Kier alpha value is -0.570. The lowest BCUT2D eigenvalue weighted by Crippen LogP contribution is -2.65. The first-order valence-corrected chi connectivity index (χ1v) is 4.94. The molecular weight excluding hydrogens is 164 g/mol. The van der Waals surface area contributed by atoms with Crippen molar-refractivity contribution >= 4 is 5.91 Å². The van der Waals surface area contributed by atoms with Crippen LogP contribution in [-0.4, -0.2) is 25.0 Å². The summed E-state index contributed by atoms with van der Waals surface area (Å²) in [6, 6.07) is 0.00579. The Balaban J connectivity index is 2.32. The van der Waals surface area contributed by atoms with Gasteiger partial charge in [-0.15, -0.1) is 0 Å². The SMILES string of the molecule is CC(C)CNC(=O)C1NCC1(C)C. The number of nitrogens with one attached hydrogen (secondary N) is 2. The number of hydrogen-bond donors (Lipinski definition) is 2. The average Bonchev–Trinajstić information content (AvgIpc) is 1.99. The van der Waals surface area contributed by atoms with E-state index in [0.717, 1.165) is 13.1 Å². The van der Waals surface area contributed by atoms with E-state index in [1.165, 1.54) is 0 Å². The predicted molar refractivity (Wildman–Crippen MR) is 53.4 cm³/mol. The van der Waals surface area contributed by atoms with Crippen LogP contribution >= 0.6 is 0 Å². The third-order valence-corrected chi connectivity index (χ3v) is 2.49. The molecule has 3 nitrogen and oxygen atoms in total. The van der Waals surface area contributed by atoms with Crippen LogP contribution in [0, 0.1) is 11.3 Å². The van der Waals surface area contributed by atoms with E-state index >= 15 is 0 Å². The summed E-state index contributed by atoms with van der Waals surface area (Å²) in [5.41, 5.74) is 0.126. The van der Waals surface area contributed by atoms with E-state index in [1.54, 1.807) is 0 Å². The molecule has 1 rings (SSSR count). The molecule has 1 aliphatic rings. The zero-order valence-electron chi connectivity index (χ0n) is 8.98. The van der Waals surface area contributed by atoms with E-state index in [0.29, 0.717) is 5.92 Å². The van der Waals surface area contributed by atoms with Gasteiger partial charge in [0.15, 0.2) is 0 Å². The smallest absolute Gasteiger partial charge is 0.237 e. The zero-order valence-corrected chi connectivity index (χ0v) is 8.98. The molecule has 0 aromatic heterocycles. The molecule has 0 bridgehead atoms. The normalized spacial score (nSPS) is 25.5. The summed E-state index contributed by atoms with van der Waals surface area (Å²) >= 11 is 0. The maximum absolute atomic E-state index is 11.6. The Bertz CT molecular complexity index is 199. The molecule has 76 valence electrons. The lowest BCUT2D eigenvalue weighted by Gasteiger charge is -2.44. The maximum Gasteiger partial charge on any atom is 0.237 e. The molecule has 1 unspecified atom stereocenters. The molecule has 1 amide bonds. The van der Waals surface area contributed by atoms with E-state index in [-0.39, 0.29) is 17.4 Å². The minimum absolute atomic E-state index is 0.00579. The number of rotatable bonds is 3. The fourth-order valence-electron chi connectivity index (χ4n) is 1.47. The Morgan fingerprint density at radius 1 is 1.62 bits per heavy atom. The summed E-state index contributed by atoms with van der Waals surface area (Å²) in [5, 5.41) is 6.09. The van der Waals surface area contributed by atoms with Gasteiger partial charge in [-0.25, -0.2) is 0 Å². The van der Waals surface area contributed by atoms with Crippen LogP contribution in [0.3, 0.4) is 0 Å². The summed E-state index contributed by atoms with van der Waals surface area (Å²) < 4.78 is 0. The highest BCUT2D eigenvalue weighted by molar-refractivity contribution is 5.83. The number of carbonyl (C=O) groups is 1. The number of amides is 1. The molecule has 1 aliphatic heterocycles. The maximum atomic E-state index is 11.6. The van der Waals surface area contributed by atoms with Crippen LogP contribution in [-0.2, 0) is 4.79 Å². The molecule has 0 aliphatic carbocycles. The van der Waals surface area contributed by atoms with E-state index in [1.807, 2.05) is 0 Å². The lowest BCUT2D eigenvalue weighted by atomic mass is 9.77. The predicted octanol–water partition coefficient (Wildman–Crippen LogP) is 0.757. The largest absolute Gasteiger partial charge is 0.354 e. The first-order valence-electron chi connectivity index (χ1n) is 4.94. The van der Waals surface area contributed by atoms with Crippen LogP contribution in [0.4, 0.5) is 0 Å². The van der Waals surface area contributed by atoms with Crippen molar-refractivity contribution in [1.82, 2.24) is 10.6 Å². The van der Waals surface area contributed by atoms with Gasteiger partial charge in [-0.3, -0.25) is 4.79 Å². The van der Waals surface area contributed by atoms with Crippen molar-refractivity contribution in [3.8, 4) is 0 Å². The van der Waals surface area contributed by atoms with Crippen LogP contribution in [0.2, 0.25) is 0 Å². The second kappa shape index (κ2) is 3.66. The zero-order chi connectivity index (χ0) is 10.1. The highest BCUT2D eigenvalue weighted by Crippen LogP contribution is 2.27. The third-order valence-electron chi connectivity index (χ3n) is 2.49. The van der Waals surface area contributed by atoms with Crippen molar-refractivity contribution in [2.45, 2.75) is 33.7 Å². The fourth-order valence-corrected chi connectivity index (χ4v) is 1.47. The van der Waals surface area contributed by atoms with E-state index in [9.17, 15) is 4.79 Å². The molecule has 13 heavy (non-hydrogen) atoms. The number of carbonyl (C=O) groups excluding carboxylic acids is 1. The van der Waals surface area contributed by atoms with Gasteiger partial charge in [0.25, 0.3) is 0 Å². The molecule has 1 atom stereocenters. The van der Waals surface area contributed by atoms with Gasteiger partial charge in [-0.05, 0) is 5.92 Å². The Morgan fingerprint density at radius 3 is 2.54 bits per heavy atom. The molecule has 0 aromatic rings. The quantitative estimate of drug-likeness (QED) is 0.680. The molecule has 0 spiro atoms. The standard InChI is InChI=1S/C10H20N2O/c1-7(2)5-11-9(13)8-10(3,4)6-12-8/h7-8,12H,5-6H2,1-4H3,(H,11,13). The molecule has 0 radical (unpaired) electrons. The van der Waals surface area contributed by atoms with Crippen molar-refractivity contribution in [3.63, 3.8) is 0 Å². The summed E-state index contributed by atoms with van der Waals surface area (Å²) in [5.74, 6) is 0.664. The minimum atomic E-state index is 0.00579. The first kappa shape index (κ1) is 10.5. The highest BCUT2D eigenvalue weighted by Gasteiger charge is 2.42. The van der Waals surface area contributed by atoms with Crippen molar-refractivity contribution in [1.29, 1.82) is 0 Å². The highest BCUT2D eigenvalue weighted by atomic mass is 16.2. The van der Waals surface area contributed by atoms with Gasteiger partial charge in [0.2, 0.25) is 5.91 Å². The van der Waals surface area contributed by atoms with Crippen LogP contribution in [0.15, 0.2) is 0 Å². The van der Waals surface area contributed by atoms with Crippen LogP contribution in [0.5, 0.6) is 0 Å². The second-order valence-corrected chi connectivity index (χ2v) is 4.94. The first-order chi connectivity index (χ1) is 5.93. The van der Waals surface area contributed by atoms with Crippen molar-refractivity contribution in [2.75, 3.05) is 13.1 Å². The summed E-state index contributed by atoms with van der Waals surface area (Å²) in [7, 11) is 0. The van der Waals surface area contributed by atoms with Gasteiger partial charge in [0, 0.05) is 18.5 Å². The van der Waals surface area contributed by atoms with E-state index in [2.05, 4.69) is 38.3 Å².